The summed E-state index contributed by atoms with van der Waals surface area (Å²) in [5, 5.41) is 8.29. The highest BCUT2D eigenvalue weighted by Gasteiger charge is 2.36. The fourth-order valence-electron chi connectivity index (χ4n) is 4.58. The van der Waals surface area contributed by atoms with Gasteiger partial charge in [0.25, 0.3) is 0 Å². The number of rotatable bonds is 3. The Morgan fingerprint density at radius 1 is 1.18 bits per heavy atom. The quantitative estimate of drug-likeness (QED) is 0.807. The van der Waals surface area contributed by atoms with Gasteiger partial charge in [0, 0.05) is 35.8 Å². The molecule has 0 amide bonds. The van der Waals surface area contributed by atoms with Gasteiger partial charge in [-0.3, -0.25) is 14.8 Å². The van der Waals surface area contributed by atoms with Crippen LogP contribution in [0, 0.1) is 0 Å². The number of nitrogens with one attached hydrogen (secondary N) is 1. The van der Waals surface area contributed by atoms with Gasteiger partial charge in [0.1, 0.15) is 12.4 Å². The number of ketones is 1. The van der Waals surface area contributed by atoms with Crippen LogP contribution in [0.2, 0.25) is 5.02 Å². The fraction of sp³-hybridized carbons (Fsp3) is 0.364. The van der Waals surface area contributed by atoms with Crippen LogP contribution >= 0.6 is 11.6 Å². The molecule has 2 atom stereocenters. The average Bonchev–Trinajstić information content (AvgIpc) is 2.75. The molecule has 3 aliphatic rings. The molecular weight excluding hydrogens is 372 g/mol. The summed E-state index contributed by atoms with van der Waals surface area (Å²) in [7, 11) is 0. The molecule has 2 aromatic rings. The number of benzene rings is 2. The summed E-state index contributed by atoms with van der Waals surface area (Å²) in [6, 6.07) is 13.6. The van der Waals surface area contributed by atoms with E-state index in [1.807, 2.05) is 18.5 Å². The van der Waals surface area contributed by atoms with Crippen molar-refractivity contribution < 1.29 is 4.79 Å². The first kappa shape index (κ1) is 17.9. The Hall–Kier alpha value is -2.21. The first-order valence-electron chi connectivity index (χ1n) is 9.94. The Labute approximate surface area is 170 Å². The number of aryl methyl sites for hydroxylation is 1. The molecule has 0 bridgehead atoms. The third kappa shape index (κ3) is 3.04. The van der Waals surface area contributed by atoms with Gasteiger partial charge < -0.3 is 5.32 Å². The number of Topliss-reactive ketones (excluding diaryl/α,β-unsaturated/α-hetero) is 1. The SMILES string of the molecule is O=C(c1ccc(Cl)cc1)C1CNCCN1N1C=NC2CCCc3cccc1c32. The van der Waals surface area contributed by atoms with Gasteiger partial charge >= 0.3 is 0 Å². The topological polar surface area (TPSA) is 47.9 Å². The van der Waals surface area contributed by atoms with Crippen LogP contribution < -0.4 is 10.3 Å². The maximum Gasteiger partial charge on any atom is 0.183 e. The molecule has 0 spiro atoms. The number of hydrogen-bond donors (Lipinski definition) is 1. The van der Waals surface area contributed by atoms with Crippen LogP contribution in [0.5, 0.6) is 0 Å². The third-order valence-corrected chi connectivity index (χ3v) is 6.21. The predicted octanol–water partition coefficient (Wildman–Crippen LogP) is 3.64. The van der Waals surface area contributed by atoms with Crippen molar-refractivity contribution in [3.8, 4) is 0 Å². The van der Waals surface area contributed by atoms with Crippen LogP contribution in [0.25, 0.3) is 0 Å². The van der Waals surface area contributed by atoms with E-state index in [2.05, 4.69) is 33.5 Å². The zero-order chi connectivity index (χ0) is 19.1. The minimum Gasteiger partial charge on any atom is -0.313 e. The highest BCUT2D eigenvalue weighted by atomic mass is 35.5. The van der Waals surface area contributed by atoms with E-state index in [1.165, 1.54) is 23.2 Å². The molecule has 0 aromatic heterocycles. The van der Waals surface area contributed by atoms with Crippen molar-refractivity contribution in [1.82, 2.24) is 10.3 Å². The number of hydrogen-bond acceptors (Lipinski definition) is 5. The average molecular weight is 395 g/mol. The van der Waals surface area contributed by atoms with E-state index in [1.54, 1.807) is 12.1 Å². The molecule has 2 unspecified atom stereocenters. The van der Waals surface area contributed by atoms with Crippen LogP contribution in [-0.4, -0.2) is 42.8 Å². The van der Waals surface area contributed by atoms with Crippen LogP contribution in [0.4, 0.5) is 5.69 Å². The maximum absolute atomic E-state index is 13.3. The van der Waals surface area contributed by atoms with Gasteiger partial charge in [-0.05, 0) is 55.2 Å². The van der Waals surface area contributed by atoms with Gasteiger partial charge in [-0.2, -0.15) is 0 Å². The molecular formula is C22H23ClN4O. The van der Waals surface area contributed by atoms with Crippen molar-refractivity contribution in [3.05, 3.63) is 64.2 Å². The lowest BCUT2D eigenvalue weighted by Gasteiger charge is -2.45. The van der Waals surface area contributed by atoms with E-state index in [0.29, 0.717) is 17.1 Å². The smallest absolute Gasteiger partial charge is 0.183 e. The number of carbonyl (C=O) groups excluding carboxylic acids is 1. The van der Waals surface area contributed by atoms with E-state index in [4.69, 9.17) is 16.6 Å². The second-order valence-corrected chi connectivity index (χ2v) is 8.06. The van der Waals surface area contributed by atoms with Crippen molar-refractivity contribution in [2.24, 2.45) is 4.99 Å². The Kier molecular flexibility index (Phi) is 4.67. The molecule has 1 saturated heterocycles. The zero-order valence-electron chi connectivity index (χ0n) is 15.6. The molecule has 28 heavy (non-hydrogen) atoms. The molecule has 6 heteroatoms. The number of piperazine rings is 1. The Morgan fingerprint density at radius 3 is 2.89 bits per heavy atom. The molecule has 2 heterocycles. The normalized spacial score (nSPS) is 24.1. The summed E-state index contributed by atoms with van der Waals surface area (Å²) in [5.41, 5.74) is 4.59. The Balaban J connectivity index is 1.50. The lowest BCUT2D eigenvalue weighted by Crippen LogP contribution is -2.61. The van der Waals surface area contributed by atoms with Gasteiger partial charge in [-0.25, -0.2) is 5.01 Å². The standard InChI is InChI=1S/C22H23ClN4O/c23-17-9-7-16(8-10-17)22(28)20-13-24-11-12-26(20)27-14-25-18-5-1-3-15-4-2-6-19(27)21(15)18/h2,4,6-10,14,18,20,24H,1,3,5,11-13H2. The van der Waals surface area contributed by atoms with Gasteiger partial charge in [0.15, 0.2) is 5.78 Å². The maximum atomic E-state index is 13.3. The number of nitrogens with zero attached hydrogens (tertiary/aromatic N) is 3. The predicted molar refractivity (Wildman–Crippen MR) is 112 cm³/mol. The summed E-state index contributed by atoms with van der Waals surface area (Å²) in [6.07, 6.45) is 5.32. The van der Waals surface area contributed by atoms with Crippen molar-refractivity contribution in [2.75, 3.05) is 24.6 Å². The molecule has 5 rings (SSSR count). The van der Waals surface area contributed by atoms with Crippen LogP contribution in [0.1, 0.15) is 40.4 Å². The lowest BCUT2D eigenvalue weighted by atomic mass is 9.86. The molecule has 1 fully saturated rings. The molecule has 2 aromatic carbocycles. The molecule has 2 aliphatic heterocycles. The summed E-state index contributed by atoms with van der Waals surface area (Å²) < 4.78 is 0. The lowest BCUT2D eigenvalue weighted by molar-refractivity contribution is 0.0781. The molecule has 0 saturated carbocycles. The first-order chi connectivity index (χ1) is 13.7. The monoisotopic (exact) mass is 394 g/mol. The number of halogens is 1. The number of anilines is 1. The molecule has 5 nitrogen and oxygen atoms in total. The summed E-state index contributed by atoms with van der Waals surface area (Å²) in [6.45, 7) is 2.21. The van der Waals surface area contributed by atoms with E-state index in [-0.39, 0.29) is 17.9 Å². The van der Waals surface area contributed by atoms with Crippen molar-refractivity contribution in [3.63, 3.8) is 0 Å². The third-order valence-electron chi connectivity index (χ3n) is 5.96. The van der Waals surface area contributed by atoms with E-state index >= 15 is 0 Å². The number of carbonyl (C=O) groups is 1. The van der Waals surface area contributed by atoms with Gasteiger partial charge in [0.05, 0.1) is 11.7 Å². The zero-order valence-corrected chi connectivity index (χ0v) is 16.4. The fourth-order valence-corrected chi connectivity index (χ4v) is 4.70. The second-order valence-electron chi connectivity index (χ2n) is 7.62. The molecule has 0 radical (unpaired) electrons. The number of aliphatic imine (C=N–C) groups is 1. The Bertz CT molecular complexity index is 927. The molecule has 1 N–H and O–H groups in total. The van der Waals surface area contributed by atoms with Gasteiger partial charge in [-0.1, -0.05) is 23.7 Å². The first-order valence-corrected chi connectivity index (χ1v) is 10.3. The van der Waals surface area contributed by atoms with Crippen LogP contribution in [0.15, 0.2) is 47.5 Å². The highest BCUT2D eigenvalue weighted by Crippen LogP contribution is 2.41. The van der Waals surface area contributed by atoms with E-state index in [0.717, 1.165) is 25.9 Å². The van der Waals surface area contributed by atoms with E-state index in [9.17, 15) is 4.79 Å². The highest BCUT2D eigenvalue weighted by molar-refractivity contribution is 6.30. The molecule has 1 aliphatic carbocycles. The Morgan fingerprint density at radius 2 is 2.04 bits per heavy atom. The number of hydrazine groups is 1. The summed E-state index contributed by atoms with van der Waals surface area (Å²) in [5.74, 6) is 0.101. The van der Waals surface area contributed by atoms with Gasteiger partial charge in [-0.15, -0.1) is 0 Å². The van der Waals surface area contributed by atoms with Crippen molar-refractivity contribution in [1.29, 1.82) is 0 Å². The summed E-state index contributed by atoms with van der Waals surface area (Å²) in [4.78, 5) is 18.1. The minimum absolute atomic E-state index is 0.101. The summed E-state index contributed by atoms with van der Waals surface area (Å²) >= 11 is 6.00. The molecule has 144 valence electrons. The van der Waals surface area contributed by atoms with E-state index < -0.39 is 0 Å². The largest absolute Gasteiger partial charge is 0.313 e. The second kappa shape index (κ2) is 7.32. The van der Waals surface area contributed by atoms with Crippen LogP contribution in [0.3, 0.4) is 0 Å². The van der Waals surface area contributed by atoms with Crippen LogP contribution in [-0.2, 0) is 6.42 Å². The van der Waals surface area contributed by atoms with Crippen molar-refractivity contribution >= 4 is 29.4 Å². The minimum atomic E-state index is -0.280. The van der Waals surface area contributed by atoms with Gasteiger partial charge in [0.2, 0.25) is 0 Å². The van der Waals surface area contributed by atoms with Crippen molar-refractivity contribution in [2.45, 2.75) is 31.3 Å².